The van der Waals surface area contributed by atoms with Crippen molar-refractivity contribution in [3.8, 4) is 17.0 Å². The number of piperidine rings is 1. The number of halogens is 1. The lowest BCUT2D eigenvalue weighted by Gasteiger charge is -2.36. The van der Waals surface area contributed by atoms with Crippen molar-refractivity contribution >= 4 is 16.8 Å². The highest BCUT2D eigenvalue weighted by Crippen LogP contribution is 2.42. The van der Waals surface area contributed by atoms with Crippen molar-refractivity contribution in [3.05, 3.63) is 83.7 Å². The first-order valence-corrected chi connectivity index (χ1v) is 14.1. The Kier molecular flexibility index (Phi) is 6.11. The van der Waals surface area contributed by atoms with Gasteiger partial charge in [-0.25, -0.2) is 4.39 Å². The number of H-pyrrole nitrogens is 1. The summed E-state index contributed by atoms with van der Waals surface area (Å²) < 4.78 is 20.9. The lowest BCUT2D eigenvalue weighted by Crippen LogP contribution is -2.43. The second kappa shape index (κ2) is 9.79. The second-order valence-electron chi connectivity index (χ2n) is 11.4. The maximum atomic E-state index is 14.5. The molecule has 3 heterocycles. The predicted octanol–water partition coefficient (Wildman–Crippen LogP) is 6.25. The van der Waals surface area contributed by atoms with Crippen molar-refractivity contribution in [1.82, 2.24) is 20.4 Å². The Bertz CT molecular complexity index is 1500. The molecule has 4 atom stereocenters. The van der Waals surface area contributed by atoms with Gasteiger partial charge in [-0.2, -0.15) is 5.10 Å². The topological polar surface area (TPSA) is 70.2 Å². The summed E-state index contributed by atoms with van der Waals surface area (Å²) in [5, 5.41) is 11.6. The molecule has 2 aliphatic heterocycles. The minimum absolute atomic E-state index is 0.208. The number of nitrogens with zero attached hydrogens (tertiary/aromatic N) is 2. The monoisotopic (exact) mass is 524 g/mol. The summed E-state index contributed by atoms with van der Waals surface area (Å²) in [4.78, 5) is 15.8. The number of benzene rings is 3. The zero-order chi connectivity index (χ0) is 26.5. The molecule has 2 unspecified atom stereocenters. The van der Waals surface area contributed by atoms with Crippen molar-refractivity contribution in [1.29, 1.82) is 0 Å². The highest BCUT2D eigenvalue weighted by molar-refractivity contribution is 6.01. The van der Waals surface area contributed by atoms with E-state index in [0.29, 0.717) is 23.2 Å². The third-order valence-corrected chi connectivity index (χ3v) is 8.93. The Hall–Kier alpha value is -3.71. The molecule has 4 aromatic rings. The van der Waals surface area contributed by atoms with E-state index in [0.717, 1.165) is 53.6 Å². The molecule has 7 heteroatoms. The van der Waals surface area contributed by atoms with Gasteiger partial charge in [-0.15, -0.1) is 0 Å². The molecule has 1 saturated carbocycles. The highest BCUT2D eigenvalue weighted by atomic mass is 19.1. The van der Waals surface area contributed by atoms with Crippen LogP contribution < -0.4 is 10.1 Å². The lowest BCUT2D eigenvalue weighted by atomic mass is 10.00. The zero-order valence-electron chi connectivity index (χ0n) is 22.1. The molecule has 3 fully saturated rings. The number of carbonyl (C=O) groups is 1. The van der Waals surface area contributed by atoms with E-state index in [9.17, 15) is 9.18 Å². The fraction of sp³-hybridized carbons (Fsp3) is 0.375. The molecule has 1 aromatic heterocycles. The molecule has 3 aromatic carbocycles. The first-order chi connectivity index (χ1) is 19.0. The van der Waals surface area contributed by atoms with E-state index in [1.807, 2.05) is 42.5 Å². The standard InChI is InChI=1S/C32H33FN4O2/c1-37-22-11-12-23(37)18-25(17-22)39-24-13-8-20(9-14-24)31-27-16-21(10-15-29(27)35-36-31)32(38)34-30(19-6-7-19)26-4-2-3-5-28(26)33/h2-5,8-10,13-16,19,22-23,25,30H,6-7,11-12,17-18H2,1H3,(H,34,38)(H,35,36)/t22-,23+,25?,30?. The number of hydrogen-bond acceptors (Lipinski definition) is 4. The highest BCUT2D eigenvalue weighted by Gasteiger charge is 2.39. The van der Waals surface area contributed by atoms with Crippen molar-refractivity contribution in [2.45, 2.75) is 62.8 Å². The Morgan fingerprint density at radius 3 is 2.49 bits per heavy atom. The number of ether oxygens (including phenoxy) is 1. The molecule has 2 saturated heterocycles. The van der Waals surface area contributed by atoms with Crippen LogP contribution in [0.1, 0.15) is 60.5 Å². The van der Waals surface area contributed by atoms with E-state index >= 15 is 0 Å². The minimum atomic E-state index is -0.328. The van der Waals surface area contributed by atoms with Crippen LogP contribution in [0.5, 0.6) is 5.75 Å². The number of rotatable bonds is 7. The maximum absolute atomic E-state index is 14.5. The van der Waals surface area contributed by atoms with Gasteiger partial charge in [-0.05, 0) is 100 Å². The van der Waals surface area contributed by atoms with E-state index in [1.165, 1.54) is 18.9 Å². The third-order valence-electron chi connectivity index (χ3n) is 8.93. The van der Waals surface area contributed by atoms with Crippen LogP contribution in [0.15, 0.2) is 66.7 Å². The SMILES string of the molecule is CN1[C@@H]2CC[C@H]1CC(Oc1ccc(-c3n[nH]c4ccc(C(=O)NC(c5ccccc5F)C5CC5)cc34)cc1)C2. The molecule has 2 N–H and O–H groups in total. The fourth-order valence-corrected chi connectivity index (χ4v) is 6.55. The molecule has 200 valence electrons. The average Bonchev–Trinajstić information content (AvgIpc) is 3.67. The molecule has 1 amide bonds. The Labute approximate surface area is 227 Å². The summed E-state index contributed by atoms with van der Waals surface area (Å²) in [7, 11) is 2.24. The number of amides is 1. The molecule has 1 aliphatic carbocycles. The molecular formula is C32H33FN4O2. The Morgan fingerprint density at radius 1 is 1.03 bits per heavy atom. The van der Waals surface area contributed by atoms with Gasteiger partial charge in [-0.3, -0.25) is 9.89 Å². The van der Waals surface area contributed by atoms with Crippen LogP contribution in [0.3, 0.4) is 0 Å². The zero-order valence-corrected chi connectivity index (χ0v) is 22.1. The predicted molar refractivity (Wildman–Crippen MR) is 149 cm³/mol. The molecule has 0 spiro atoms. The third kappa shape index (κ3) is 4.69. The maximum Gasteiger partial charge on any atom is 0.251 e. The van der Waals surface area contributed by atoms with Crippen LogP contribution >= 0.6 is 0 Å². The normalized spacial score (nSPS) is 23.6. The summed E-state index contributed by atoms with van der Waals surface area (Å²) in [5.41, 5.74) is 3.68. The molecule has 0 radical (unpaired) electrons. The fourth-order valence-electron chi connectivity index (χ4n) is 6.55. The van der Waals surface area contributed by atoms with Crippen LogP contribution in [0.2, 0.25) is 0 Å². The van der Waals surface area contributed by atoms with Crippen LogP contribution in [0, 0.1) is 11.7 Å². The van der Waals surface area contributed by atoms with Crippen molar-refractivity contribution in [2.24, 2.45) is 5.92 Å². The molecule has 6 nitrogen and oxygen atoms in total. The van der Waals surface area contributed by atoms with Gasteiger partial charge in [0.1, 0.15) is 17.7 Å². The van der Waals surface area contributed by atoms with Gasteiger partial charge < -0.3 is 15.0 Å². The summed E-state index contributed by atoms with van der Waals surface area (Å²) in [6, 6.07) is 21.3. The Morgan fingerprint density at radius 2 is 1.77 bits per heavy atom. The van der Waals surface area contributed by atoms with Crippen LogP contribution in [0.4, 0.5) is 4.39 Å². The lowest BCUT2D eigenvalue weighted by molar-refractivity contribution is 0.0662. The smallest absolute Gasteiger partial charge is 0.251 e. The summed E-state index contributed by atoms with van der Waals surface area (Å²) in [6.45, 7) is 0. The largest absolute Gasteiger partial charge is 0.490 e. The molecule has 2 bridgehead atoms. The number of nitrogens with one attached hydrogen (secondary N) is 2. The van der Waals surface area contributed by atoms with Gasteiger partial charge >= 0.3 is 0 Å². The number of fused-ring (bicyclic) bond motifs is 3. The summed E-state index contributed by atoms with van der Waals surface area (Å²) in [6.07, 6.45) is 6.96. The number of aromatic amines is 1. The van der Waals surface area contributed by atoms with Gasteiger partial charge in [0.05, 0.1) is 17.3 Å². The van der Waals surface area contributed by atoms with Gasteiger partial charge in [0.2, 0.25) is 0 Å². The van der Waals surface area contributed by atoms with Crippen molar-refractivity contribution in [2.75, 3.05) is 7.05 Å². The summed E-state index contributed by atoms with van der Waals surface area (Å²) >= 11 is 0. The number of carbonyl (C=O) groups excluding carboxylic acids is 1. The minimum Gasteiger partial charge on any atom is -0.490 e. The molecule has 7 rings (SSSR count). The molecule has 3 aliphatic rings. The van der Waals surface area contributed by atoms with E-state index in [1.54, 1.807) is 18.2 Å². The van der Waals surface area contributed by atoms with E-state index in [2.05, 4.69) is 27.5 Å². The first-order valence-electron chi connectivity index (χ1n) is 14.1. The van der Waals surface area contributed by atoms with E-state index < -0.39 is 0 Å². The summed E-state index contributed by atoms with van der Waals surface area (Å²) in [5.74, 6) is 0.661. The van der Waals surface area contributed by atoms with Crippen LogP contribution in [0.25, 0.3) is 22.2 Å². The van der Waals surface area contributed by atoms with E-state index in [4.69, 9.17) is 4.74 Å². The van der Waals surface area contributed by atoms with Crippen molar-refractivity contribution < 1.29 is 13.9 Å². The van der Waals surface area contributed by atoms with Gasteiger partial charge in [0, 0.05) is 34.2 Å². The quantitative estimate of drug-likeness (QED) is 0.300. The van der Waals surface area contributed by atoms with Gasteiger partial charge in [0.25, 0.3) is 5.91 Å². The van der Waals surface area contributed by atoms with Crippen molar-refractivity contribution in [3.63, 3.8) is 0 Å². The van der Waals surface area contributed by atoms with Crippen LogP contribution in [-0.2, 0) is 0 Å². The average molecular weight is 525 g/mol. The second-order valence-corrected chi connectivity index (χ2v) is 11.4. The molecule has 39 heavy (non-hydrogen) atoms. The molecular weight excluding hydrogens is 491 g/mol. The first kappa shape index (κ1) is 24.3. The number of hydrogen-bond donors (Lipinski definition) is 2. The van der Waals surface area contributed by atoms with Gasteiger partial charge in [-0.1, -0.05) is 18.2 Å². The van der Waals surface area contributed by atoms with Crippen LogP contribution in [-0.4, -0.2) is 46.2 Å². The number of aromatic nitrogens is 2. The Balaban J connectivity index is 1.09. The van der Waals surface area contributed by atoms with E-state index in [-0.39, 0.29) is 29.8 Å². The van der Waals surface area contributed by atoms with Gasteiger partial charge in [0.15, 0.2) is 0 Å².